The highest BCUT2D eigenvalue weighted by atomic mass is 35.5. The van der Waals surface area contributed by atoms with Gasteiger partial charge in [0.1, 0.15) is 5.76 Å². The maximum absolute atomic E-state index is 12.0. The van der Waals surface area contributed by atoms with Crippen LogP contribution in [0, 0.1) is 6.92 Å². The number of nitrogens with one attached hydrogen (secondary N) is 1. The third-order valence-corrected chi connectivity index (χ3v) is 2.91. The molecule has 0 fully saturated rings. The molecule has 7 heteroatoms. The van der Waals surface area contributed by atoms with Gasteiger partial charge in [0.05, 0.1) is 10.7 Å². The van der Waals surface area contributed by atoms with Gasteiger partial charge >= 0.3 is 0 Å². The molecule has 0 bridgehead atoms. The van der Waals surface area contributed by atoms with Crippen LogP contribution in [0.3, 0.4) is 0 Å². The van der Waals surface area contributed by atoms with E-state index in [0.29, 0.717) is 22.0 Å². The lowest BCUT2D eigenvalue weighted by atomic mass is 10.2. The summed E-state index contributed by atoms with van der Waals surface area (Å²) in [6, 6.07) is 7.86. The molecule has 1 aromatic heterocycles. The number of rotatable bonds is 3. The van der Waals surface area contributed by atoms with Gasteiger partial charge in [0, 0.05) is 5.56 Å². The summed E-state index contributed by atoms with van der Waals surface area (Å²) in [5.74, 6) is 0.294. The zero-order valence-corrected chi connectivity index (χ0v) is 11.3. The Kier molecular flexibility index (Phi) is 3.95. The standard InChI is InChI=1S/C13H12ClN3O3/c1-7-2-5-11(20-7)13(18)16-10-6-8(12(15)17-19)3-4-9(10)14/h2-6,19H,1H3,(H2,15,17)(H,16,18). The van der Waals surface area contributed by atoms with E-state index in [1.165, 1.54) is 12.1 Å². The Bertz CT molecular complexity index is 679. The fourth-order valence-electron chi connectivity index (χ4n) is 1.58. The lowest BCUT2D eigenvalue weighted by molar-refractivity contribution is 0.0995. The molecule has 0 radical (unpaired) electrons. The van der Waals surface area contributed by atoms with Gasteiger partial charge in [0.15, 0.2) is 11.6 Å². The lowest BCUT2D eigenvalue weighted by Crippen LogP contribution is -2.15. The first-order valence-corrected chi connectivity index (χ1v) is 6.04. The van der Waals surface area contributed by atoms with Crippen molar-refractivity contribution in [3.05, 3.63) is 52.4 Å². The zero-order chi connectivity index (χ0) is 14.7. The highest BCUT2D eigenvalue weighted by molar-refractivity contribution is 6.34. The van der Waals surface area contributed by atoms with Crippen LogP contribution in [0.15, 0.2) is 39.9 Å². The Hall–Kier alpha value is -2.47. The molecule has 0 saturated carbocycles. The number of hydrogen-bond donors (Lipinski definition) is 3. The molecule has 2 aromatic rings. The highest BCUT2D eigenvalue weighted by Crippen LogP contribution is 2.24. The first-order chi connectivity index (χ1) is 9.51. The quantitative estimate of drug-likeness (QED) is 0.350. The summed E-state index contributed by atoms with van der Waals surface area (Å²) in [4.78, 5) is 12.0. The summed E-state index contributed by atoms with van der Waals surface area (Å²) >= 11 is 5.99. The summed E-state index contributed by atoms with van der Waals surface area (Å²) in [5, 5.41) is 14.5. The molecule has 1 amide bonds. The second kappa shape index (κ2) is 5.66. The molecule has 4 N–H and O–H groups in total. The molecule has 6 nitrogen and oxygen atoms in total. The number of furan rings is 1. The molecule has 0 aliphatic rings. The number of carbonyl (C=O) groups excluding carboxylic acids is 1. The third-order valence-electron chi connectivity index (χ3n) is 2.58. The minimum atomic E-state index is -0.434. The second-order valence-electron chi connectivity index (χ2n) is 4.04. The fourth-order valence-corrected chi connectivity index (χ4v) is 1.74. The minimum absolute atomic E-state index is 0.0778. The van der Waals surface area contributed by atoms with Crippen LogP contribution in [-0.4, -0.2) is 17.0 Å². The second-order valence-corrected chi connectivity index (χ2v) is 4.45. The summed E-state index contributed by atoms with van der Waals surface area (Å²) in [5.41, 5.74) is 6.26. The monoisotopic (exact) mass is 293 g/mol. The van der Waals surface area contributed by atoms with Gasteiger partial charge in [0.2, 0.25) is 0 Å². The number of halogens is 1. The van der Waals surface area contributed by atoms with Crippen molar-refractivity contribution in [2.24, 2.45) is 10.9 Å². The molecule has 1 heterocycles. The Morgan fingerprint density at radius 3 is 2.75 bits per heavy atom. The first kappa shape index (κ1) is 14.0. The molecule has 0 aliphatic heterocycles. The van der Waals surface area contributed by atoms with Crippen molar-refractivity contribution < 1.29 is 14.4 Å². The van der Waals surface area contributed by atoms with Crippen LogP contribution in [0.5, 0.6) is 0 Å². The molecule has 0 saturated heterocycles. The van der Waals surface area contributed by atoms with Gasteiger partial charge in [-0.3, -0.25) is 4.79 Å². The number of oxime groups is 1. The van der Waals surface area contributed by atoms with Crippen LogP contribution in [0.1, 0.15) is 21.9 Å². The Balaban J connectivity index is 2.26. The number of anilines is 1. The minimum Gasteiger partial charge on any atom is -0.456 e. The van der Waals surface area contributed by atoms with E-state index in [2.05, 4.69) is 10.5 Å². The topological polar surface area (TPSA) is 101 Å². The Morgan fingerprint density at radius 2 is 2.15 bits per heavy atom. The summed E-state index contributed by atoms with van der Waals surface area (Å²) in [6.45, 7) is 1.74. The van der Waals surface area contributed by atoms with Crippen molar-refractivity contribution in [1.29, 1.82) is 0 Å². The van der Waals surface area contributed by atoms with Crippen LogP contribution < -0.4 is 11.1 Å². The maximum Gasteiger partial charge on any atom is 0.291 e. The van der Waals surface area contributed by atoms with Crippen molar-refractivity contribution in [1.82, 2.24) is 0 Å². The molecule has 2 rings (SSSR count). The predicted octanol–water partition coefficient (Wildman–Crippen LogP) is 2.59. The lowest BCUT2D eigenvalue weighted by Gasteiger charge is -2.08. The van der Waals surface area contributed by atoms with Crippen LogP contribution in [0.25, 0.3) is 0 Å². The molecular weight excluding hydrogens is 282 g/mol. The van der Waals surface area contributed by atoms with Crippen molar-refractivity contribution >= 4 is 29.0 Å². The number of aryl methyl sites for hydroxylation is 1. The largest absolute Gasteiger partial charge is 0.456 e. The number of nitrogens with two attached hydrogens (primary N) is 1. The van der Waals surface area contributed by atoms with E-state index in [-0.39, 0.29) is 11.6 Å². The number of amidine groups is 1. The Labute approximate surface area is 119 Å². The zero-order valence-electron chi connectivity index (χ0n) is 10.6. The molecule has 1 aromatic carbocycles. The normalized spacial score (nSPS) is 11.4. The van der Waals surface area contributed by atoms with Crippen LogP contribution in [0.2, 0.25) is 5.02 Å². The molecule has 0 spiro atoms. The number of hydrogen-bond acceptors (Lipinski definition) is 4. The van der Waals surface area contributed by atoms with Crippen LogP contribution in [-0.2, 0) is 0 Å². The van der Waals surface area contributed by atoms with Crippen LogP contribution in [0.4, 0.5) is 5.69 Å². The summed E-state index contributed by atoms with van der Waals surface area (Å²) in [7, 11) is 0. The van der Waals surface area contributed by atoms with E-state index >= 15 is 0 Å². The van der Waals surface area contributed by atoms with Crippen molar-refractivity contribution in [2.75, 3.05) is 5.32 Å². The summed E-state index contributed by atoms with van der Waals surface area (Å²) in [6.07, 6.45) is 0. The number of nitrogens with zero attached hydrogens (tertiary/aromatic N) is 1. The van der Waals surface area contributed by atoms with Crippen molar-refractivity contribution in [3.8, 4) is 0 Å². The number of carbonyl (C=O) groups is 1. The third kappa shape index (κ3) is 2.92. The van der Waals surface area contributed by atoms with Gasteiger partial charge in [0.25, 0.3) is 5.91 Å². The fraction of sp³-hybridized carbons (Fsp3) is 0.0769. The van der Waals surface area contributed by atoms with Gasteiger partial charge in [-0.05, 0) is 37.3 Å². The van der Waals surface area contributed by atoms with Gasteiger partial charge < -0.3 is 20.7 Å². The van der Waals surface area contributed by atoms with Gasteiger partial charge in [-0.15, -0.1) is 0 Å². The van der Waals surface area contributed by atoms with Gasteiger partial charge in [-0.1, -0.05) is 16.8 Å². The molecule has 0 atom stereocenters. The van der Waals surface area contributed by atoms with E-state index in [0.717, 1.165) is 0 Å². The van der Waals surface area contributed by atoms with Crippen LogP contribution >= 0.6 is 11.6 Å². The maximum atomic E-state index is 12.0. The summed E-state index contributed by atoms with van der Waals surface area (Å²) < 4.78 is 5.21. The first-order valence-electron chi connectivity index (χ1n) is 5.66. The number of amides is 1. The molecule has 20 heavy (non-hydrogen) atoms. The van der Waals surface area contributed by atoms with Gasteiger partial charge in [-0.25, -0.2) is 0 Å². The van der Waals surface area contributed by atoms with E-state index < -0.39 is 5.91 Å². The average molecular weight is 294 g/mol. The Morgan fingerprint density at radius 1 is 1.40 bits per heavy atom. The van der Waals surface area contributed by atoms with Crippen molar-refractivity contribution in [2.45, 2.75) is 6.92 Å². The molecular formula is C13H12ClN3O3. The van der Waals surface area contributed by atoms with E-state index in [9.17, 15) is 4.79 Å². The predicted molar refractivity (Wildman–Crippen MR) is 75.4 cm³/mol. The van der Waals surface area contributed by atoms with E-state index in [1.807, 2.05) is 0 Å². The smallest absolute Gasteiger partial charge is 0.291 e. The van der Waals surface area contributed by atoms with Gasteiger partial charge in [-0.2, -0.15) is 0 Å². The molecule has 104 valence electrons. The SMILES string of the molecule is Cc1ccc(C(=O)Nc2cc(/C(N)=N/O)ccc2Cl)o1. The highest BCUT2D eigenvalue weighted by Gasteiger charge is 2.13. The molecule has 0 aliphatic carbocycles. The van der Waals surface area contributed by atoms with E-state index in [4.69, 9.17) is 27.0 Å². The van der Waals surface area contributed by atoms with Crippen molar-refractivity contribution in [3.63, 3.8) is 0 Å². The number of benzene rings is 1. The van der Waals surface area contributed by atoms with E-state index in [1.54, 1.807) is 25.1 Å². The molecule has 0 unspecified atom stereocenters. The average Bonchev–Trinajstić information content (AvgIpc) is 2.87.